The Morgan fingerprint density at radius 3 is 2.89 bits per heavy atom. The van der Waals surface area contributed by atoms with Crippen molar-refractivity contribution in [2.75, 3.05) is 13.7 Å². The third-order valence-electron chi connectivity index (χ3n) is 3.86. The van der Waals surface area contributed by atoms with E-state index in [0.29, 0.717) is 12.1 Å². The molecule has 0 aliphatic carbocycles. The molecule has 1 N–H and O–H groups in total. The highest BCUT2D eigenvalue weighted by Gasteiger charge is 2.16. The van der Waals surface area contributed by atoms with Gasteiger partial charge in [-0.2, -0.15) is 0 Å². The highest BCUT2D eigenvalue weighted by Crippen LogP contribution is 2.26. The van der Waals surface area contributed by atoms with Crippen LogP contribution in [0.15, 0.2) is 22.7 Å². The number of ether oxygens (including phenoxy) is 1. The lowest BCUT2D eigenvalue weighted by atomic mass is 9.98. The molecule has 0 saturated carbocycles. The highest BCUT2D eigenvalue weighted by atomic mass is 79.9. The zero-order valence-electron chi connectivity index (χ0n) is 11.9. The summed E-state index contributed by atoms with van der Waals surface area (Å²) in [5, 5.41) is 3.44. The van der Waals surface area contributed by atoms with Crippen molar-refractivity contribution < 1.29 is 4.74 Å². The molecule has 3 heteroatoms. The van der Waals surface area contributed by atoms with Crippen LogP contribution in [0.5, 0.6) is 0 Å². The number of aryl methyl sites for hydroxylation is 1. The Morgan fingerprint density at radius 2 is 2.26 bits per heavy atom. The van der Waals surface area contributed by atoms with E-state index in [-0.39, 0.29) is 0 Å². The summed E-state index contributed by atoms with van der Waals surface area (Å²) < 4.78 is 6.85. The van der Waals surface area contributed by atoms with E-state index in [4.69, 9.17) is 4.74 Å². The number of hydrogen-bond donors (Lipinski definition) is 1. The fourth-order valence-electron chi connectivity index (χ4n) is 2.87. The third-order valence-corrected chi connectivity index (χ3v) is 4.32. The second kappa shape index (κ2) is 7.41. The number of halogens is 1. The van der Waals surface area contributed by atoms with Crippen molar-refractivity contribution in [2.45, 2.75) is 51.2 Å². The first kappa shape index (κ1) is 15.0. The molecule has 1 aromatic rings. The van der Waals surface area contributed by atoms with Gasteiger partial charge in [-0.15, -0.1) is 0 Å². The van der Waals surface area contributed by atoms with E-state index >= 15 is 0 Å². The summed E-state index contributed by atoms with van der Waals surface area (Å²) in [5.74, 6) is 0. The molecule has 1 heterocycles. The summed E-state index contributed by atoms with van der Waals surface area (Å²) in [4.78, 5) is 0. The maximum Gasteiger partial charge on any atom is 0.0576 e. The zero-order chi connectivity index (χ0) is 13.7. The molecule has 2 rings (SSSR count). The van der Waals surface area contributed by atoms with Gasteiger partial charge in [0.05, 0.1) is 6.10 Å². The van der Waals surface area contributed by atoms with E-state index in [1.54, 1.807) is 0 Å². The van der Waals surface area contributed by atoms with Crippen molar-refractivity contribution in [3.8, 4) is 0 Å². The van der Waals surface area contributed by atoms with Crippen molar-refractivity contribution in [3.05, 3.63) is 33.8 Å². The lowest BCUT2D eigenvalue weighted by Crippen LogP contribution is -2.17. The summed E-state index contributed by atoms with van der Waals surface area (Å²) in [6, 6.07) is 7.10. The van der Waals surface area contributed by atoms with Crippen LogP contribution in [0.3, 0.4) is 0 Å². The van der Waals surface area contributed by atoms with Gasteiger partial charge in [-0.3, -0.25) is 0 Å². The molecule has 0 aromatic heterocycles. The minimum absolute atomic E-state index is 0.442. The fourth-order valence-corrected chi connectivity index (χ4v) is 3.49. The van der Waals surface area contributed by atoms with Gasteiger partial charge in [0.15, 0.2) is 0 Å². The molecule has 2 nitrogen and oxygen atoms in total. The molecule has 1 fully saturated rings. The average Bonchev–Trinajstić information content (AvgIpc) is 2.86. The van der Waals surface area contributed by atoms with E-state index in [0.717, 1.165) is 6.61 Å². The summed E-state index contributed by atoms with van der Waals surface area (Å²) in [7, 11) is 2.05. The number of nitrogens with one attached hydrogen (secondary N) is 1. The van der Waals surface area contributed by atoms with Crippen LogP contribution < -0.4 is 5.32 Å². The molecule has 1 saturated heterocycles. The summed E-state index contributed by atoms with van der Waals surface area (Å²) >= 11 is 3.58. The van der Waals surface area contributed by atoms with Crippen molar-refractivity contribution >= 4 is 15.9 Å². The lowest BCUT2D eigenvalue weighted by molar-refractivity contribution is 0.101. The molecule has 2 unspecified atom stereocenters. The predicted molar refractivity (Wildman–Crippen MR) is 83.5 cm³/mol. The first-order chi connectivity index (χ1) is 9.19. The van der Waals surface area contributed by atoms with Crippen LogP contribution in [0.25, 0.3) is 0 Å². The normalized spacial score (nSPS) is 20.7. The maximum atomic E-state index is 5.68. The van der Waals surface area contributed by atoms with Gasteiger partial charge >= 0.3 is 0 Å². The minimum atomic E-state index is 0.442. The number of rotatable bonds is 6. The number of benzene rings is 1. The summed E-state index contributed by atoms with van der Waals surface area (Å²) in [6.45, 7) is 3.11. The Kier molecular flexibility index (Phi) is 5.86. The van der Waals surface area contributed by atoms with Crippen LogP contribution >= 0.6 is 15.9 Å². The molecule has 1 aliphatic rings. The van der Waals surface area contributed by atoms with Crippen LogP contribution in [-0.2, 0) is 4.74 Å². The van der Waals surface area contributed by atoms with Gasteiger partial charge < -0.3 is 10.1 Å². The molecular weight excluding hydrogens is 302 g/mol. The standard InChI is InChI=1S/C16H24BrNO/c1-12-9-13(11-14(17)10-12)16(18-2)7-3-5-15-6-4-8-19-15/h9-11,15-16,18H,3-8H2,1-2H3. The molecule has 1 aromatic carbocycles. The number of hydrogen-bond acceptors (Lipinski definition) is 2. The average molecular weight is 326 g/mol. The monoisotopic (exact) mass is 325 g/mol. The maximum absolute atomic E-state index is 5.68. The quantitative estimate of drug-likeness (QED) is 0.838. The lowest BCUT2D eigenvalue weighted by Gasteiger charge is -2.18. The van der Waals surface area contributed by atoms with Crippen molar-refractivity contribution in [3.63, 3.8) is 0 Å². The highest BCUT2D eigenvalue weighted by molar-refractivity contribution is 9.10. The molecule has 106 valence electrons. The van der Waals surface area contributed by atoms with Crippen LogP contribution in [0.1, 0.15) is 49.3 Å². The first-order valence-corrected chi connectivity index (χ1v) is 8.04. The minimum Gasteiger partial charge on any atom is -0.378 e. The van der Waals surface area contributed by atoms with Gasteiger partial charge in [0.1, 0.15) is 0 Å². The molecule has 0 amide bonds. The van der Waals surface area contributed by atoms with E-state index in [1.165, 1.54) is 47.7 Å². The molecule has 0 radical (unpaired) electrons. The molecule has 19 heavy (non-hydrogen) atoms. The van der Waals surface area contributed by atoms with Gasteiger partial charge in [-0.25, -0.2) is 0 Å². The molecule has 1 aliphatic heterocycles. The smallest absolute Gasteiger partial charge is 0.0576 e. The predicted octanol–water partition coefficient (Wildman–Crippen LogP) is 4.37. The van der Waals surface area contributed by atoms with Crippen molar-refractivity contribution in [1.82, 2.24) is 5.32 Å². The summed E-state index contributed by atoms with van der Waals surface area (Å²) in [5.41, 5.74) is 2.69. The van der Waals surface area contributed by atoms with Gasteiger partial charge in [0.2, 0.25) is 0 Å². The Hall–Kier alpha value is -0.380. The van der Waals surface area contributed by atoms with Crippen LogP contribution in [0, 0.1) is 6.92 Å². The largest absolute Gasteiger partial charge is 0.378 e. The molecule has 2 atom stereocenters. The second-order valence-electron chi connectivity index (χ2n) is 5.47. The van der Waals surface area contributed by atoms with Crippen molar-refractivity contribution in [1.29, 1.82) is 0 Å². The van der Waals surface area contributed by atoms with E-state index in [9.17, 15) is 0 Å². The Labute approximate surface area is 125 Å². The molecule has 0 spiro atoms. The van der Waals surface area contributed by atoms with E-state index in [1.807, 2.05) is 7.05 Å². The van der Waals surface area contributed by atoms with Crippen LogP contribution in [0.2, 0.25) is 0 Å². The third kappa shape index (κ3) is 4.59. The van der Waals surface area contributed by atoms with Crippen molar-refractivity contribution in [2.24, 2.45) is 0 Å². The topological polar surface area (TPSA) is 21.3 Å². The van der Waals surface area contributed by atoms with E-state index < -0.39 is 0 Å². The van der Waals surface area contributed by atoms with Crippen LogP contribution in [-0.4, -0.2) is 19.8 Å². The van der Waals surface area contributed by atoms with Gasteiger partial charge in [-0.05, 0) is 69.3 Å². The molecule has 0 bridgehead atoms. The molecular formula is C16H24BrNO. The van der Waals surface area contributed by atoms with Crippen LogP contribution in [0.4, 0.5) is 0 Å². The Bertz CT molecular complexity index is 381. The zero-order valence-corrected chi connectivity index (χ0v) is 13.5. The Balaban J connectivity index is 1.87. The van der Waals surface area contributed by atoms with E-state index in [2.05, 4.69) is 46.4 Å². The first-order valence-electron chi connectivity index (χ1n) is 7.25. The second-order valence-corrected chi connectivity index (χ2v) is 6.38. The van der Waals surface area contributed by atoms with Gasteiger partial charge in [-0.1, -0.05) is 22.0 Å². The van der Waals surface area contributed by atoms with Gasteiger partial charge in [0.25, 0.3) is 0 Å². The fraction of sp³-hybridized carbons (Fsp3) is 0.625. The SMILES string of the molecule is CNC(CCCC1CCCO1)c1cc(C)cc(Br)c1. The summed E-state index contributed by atoms with van der Waals surface area (Å²) in [6.07, 6.45) is 6.60. The van der Waals surface area contributed by atoms with Gasteiger partial charge in [0, 0.05) is 17.1 Å². The Morgan fingerprint density at radius 1 is 1.42 bits per heavy atom.